The molecule has 91 heavy (non-hydrogen) atoms. The van der Waals surface area contributed by atoms with Crippen molar-refractivity contribution < 1.29 is 0 Å². The first-order chi connectivity index (χ1) is 45.0. The predicted molar refractivity (Wildman–Crippen MR) is 393 cm³/mol. The van der Waals surface area contributed by atoms with Gasteiger partial charge in [-0.3, -0.25) is 0 Å². The predicted octanol–water partition coefficient (Wildman–Crippen LogP) is 24.7. The lowest BCUT2D eigenvalue weighted by Crippen LogP contribution is -2.09. The number of hydrogen-bond acceptors (Lipinski definition) is 4. The molecule has 0 aliphatic rings. The molecular weight excluding hydrogens is 1170 g/mol. The molecule has 0 bridgehead atoms. The van der Waals surface area contributed by atoms with Gasteiger partial charge in [0.25, 0.3) is 0 Å². The number of anilines is 5. The molecule has 0 saturated carbocycles. The van der Waals surface area contributed by atoms with Crippen LogP contribution in [0.2, 0.25) is 0 Å². The average Bonchev–Trinajstić information content (AvgIpc) is 0.805. The van der Waals surface area contributed by atoms with Gasteiger partial charge >= 0.3 is 0 Å². The van der Waals surface area contributed by atoms with Crippen molar-refractivity contribution in [2.45, 2.75) is 0 Å². The van der Waals surface area contributed by atoms with Gasteiger partial charge in [0.2, 0.25) is 0 Å². The van der Waals surface area contributed by atoms with Crippen LogP contribution in [0.25, 0.3) is 131 Å². The maximum Gasteiger partial charge on any atom is 0.0794 e. The summed E-state index contributed by atoms with van der Waals surface area (Å²) >= 11 is 3.65. The molecule has 0 spiro atoms. The van der Waals surface area contributed by atoms with Gasteiger partial charge in [0, 0.05) is 87.1 Å². The summed E-state index contributed by atoms with van der Waals surface area (Å²) in [6.07, 6.45) is 0. The first kappa shape index (κ1) is 54.9. The van der Waals surface area contributed by atoms with Gasteiger partial charge in [-0.25, -0.2) is 9.97 Å². The van der Waals surface area contributed by atoms with Crippen molar-refractivity contribution in [1.29, 1.82) is 0 Å². The zero-order valence-electron chi connectivity index (χ0n) is 49.6. The van der Waals surface area contributed by atoms with E-state index in [9.17, 15) is 0 Å². The van der Waals surface area contributed by atoms with Crippen LogP contribution < -0.4 is 10.2 Å². The largest absolute Gasteiger partial charge is 0.356 e. The van der Waals surface area contributed by atoms with Gasteiger partial charge in [-0.15, -0.1) is 0 Å². The number of halogens is 1. The van der Waals surface area contributed by atoms with E-state index in [1.54, 1.807) is 0 Å². The molecule has 1 N–H and O–H groups in total. The van der Waals surface area contributed by atoms with Crippen molar-refractivity contribution in [3.05, 3.63) is 344 Å². The van der Waals surface area contributed by atoms with Gasteiger partial charge in [-0.05, 0) is 127 Å². The maximum atomic E-state index is 5.39. The van der Waals surface area contributed by atoms with Gasteiger partial charge in [0.1, 0.15) is 0 Å². The first-order valence-corrected chi connectivity index (χ1v) is 31.6. The topological polar surface area (TPSA) is 41.1 Å². The Morgan fingerprint density at radius 2 is 0.593 bits per heavy atom. The smallest absolute Gasteiger partial charge is 0.0794 e. The summed E-state index contributed by atoms with van der Waals surface area (Å²) in [6, 6.07) is 120. The van der Waals surface area contributed by atoms with Crippen LogP contribution in [0.5, 0.6) is 0 Å². The number of rotatable bonds is 7. The highest BCUT2D eigenvalue weighted by molar-refractivity contribution is 9.10. The second kappa shape index (κ2) is 23.9. The molecule has 4 nitrogen and oxygen atoms in total. The van der Waals surface area contributed by atoms with Crippen LogP contribution in [0, 0.1) is 0 Å². The van der Waals surface area contributed by atoms with Gasteiger partial charge in [-0.1, -0.05) is 283 Å². The van der Waals surface area contributed by atoms with Gasteiger partial charge in [-0.2, -0.15) is 0 Å². The van der Waals surface area contributed by atoms with Gasteiger partial charge in [0.05, 0.1) is 22.1 Å². The second-order valence-electron chi connectivity index (χ2n) is 23.0. The summed E-state index contributed by atoms with van der Waals surface area (Å²) in [7, 11) is 0. The summed E-state index contributed by atoms with van der Waals surface area (Å²) < 4.78 is 1.08. The highest BCUT2D eigenvalue weighted by Crippen LogP contribution is 2.44. The highest BCUT2D eigenvalue weighted by atomic mass is 79.9. The molecule has 2 heterocycles. The van der Waals surface area contributed by atoms with Crippen LogP contribution in [0.1, 0.15) is 0 Å². The summed E-state index contributed by atoms with van der Waals surface area (Å²) in [4.78, 5) is 13.0. The molecule has 0 atom stereocenters. The van der Waals surface area contributed by atoms with Crippen molar-refractivity contribution >= 4 is 153 Å². The maximum absolute atomic E-state index is 5.39. The summed E-state index contributed by atoms with van der Waals surface area (Å²) in [5.41, 5.74) is 14.6. The van der Waals surface area contributed by atoms with Crippen molar-refractivity contribution in [2.75, 3.05) is 10.2 Å². The number of hydrogen-bond donors (Lipinski definition) is 1. The van der Waals surface area contributed by atoms with Crippen molar-refractivity contribution in [2.24, 2.45) is 0 Å². The Morgan fingerprint density at radius 1 is 0.231 bits per heavy atom. The fourth-order valence-electron chi connectivity index (χ4n) is 13.2. The fourth-order valence-corrected chi connectivity index (χ4v) is 13.6. The minimum absolute atomic E-state index is 1.03. The molecule has 16 aromatic carbocycles. The molecule has 5 heteroatoms. The molecule has 18 aromatic rings. The average molecular weight is 1230 g/mol. The minimum atomic E-state index is 1.03. The number of nitrogens with one attached hydrogen (secondary N) is 1. The number of fused-ring (bicyclic) bond motifs is 14. The Kier molecular flexibility index (Phi) is 14.4. The molecule has 18 rings (SSSR count). The second-order valence-corrected chi connectivity index (χ2v) is 23.9. The van der Waals surface area contributed by atoms with Gasteiger partial charge < -0.3 is 10.2 Å². The third-order valence-corrected chi connectivity index (χ3v) is 17.9. The normalized spacial score (nSPS) is 11.4. The molecule has 0 fully saturated rings. The minimum Gasteiger partial charge on any atom is -0.356 e. The molecule has 0 aliphatic carbocycles. The van der Waals surface area contributed by atoms with E-state index >= 15 is 0 Å². The van der Waals surface area contributed by atoms with E-state index in [1.807, 2.05) is 18.2 Å². The number of nitrogens with zero attached hydrogens (tertiary/aromatic N) is 3. The number of para-hydroxylation sites is 2. The summed E-state index contributed by atoms with van der Waals surface area (Å²) in [6.45, 7) is 0. The van der Waals surface area contributed by atoms with Gasteiger partial charge in [0.15, 0.2) is 0 Å². The number of pyridine rings is 2. The van der Waals surface area contributed by atoms with Crippen LogP contribution >= 0.6 is 15.9 Å². The summed E-state index contributed by atoms with van der Waals surface area (Å²) in [5, 5.41) is 22.6. The molecule has 0 radical (unpaired) electrons. The Bertz CT molecular complexity index is 5600. The van der Waals surface area contributed by atoms with Crippen molar-refractivity contribution in [3.8, 4) is 22.3 Å². The Balaban J connectivity index is 0.000000122. The van der Waals surface area contributed by atoms with E-state index in [4.69, 9.17) is 9.97 Å². The Labute approximate surface area is 535 Å². The van der Waals surface area contributed by atoms with Crippen molar-refractivity contribution in [3.63, 3.8) is 0 Å². The quantitative estimate of drug-likeness (QED) is 0.128. The fraction of sp³-hybridized carbons (Fsp3) is 0. The monoisotopic (exact) mass is 1220 g/mol. The Morgan fingerprint density at radius 3 is 1.08 bits per heavy atom. The standard InChI is InChI=1S/C43H28N2.C27H16BrN.C16H13N/c1-2-16-34(17-3-1)45(36-24-21-29-11-4-5-14-32(29)27-36)35-18-10-15-33(28-35)41-39-25-22-30-12-6-8-19-37(30)42(39)44-43-38-20-9-7-13-31(38)23-26-40(41)43;28-20-9-5-8-19(16-20)25-23-14-12-17-6-1-3-10-21(17)26(23)29-27-22-11-4-2-7-18(22)13-15-24(25)27;1-2-8-15(9-3-1)17-16-11-10-13-6-4-5-7-14(13)12-16/h1-28H;1-16H;1-12,17H. The zero-order valence-corrected chi connectivity index (χ0v) is 51.1. The van der Waals surface area contributed by atoms with Crippen LogP contribution in [-0.2, 0) is 0 Å². The van der Waals surface area contributed by atoms with Crippen molar-refractivity contribution in [1.82, 2.24) is 9.97 Å². The number of benzene rings is 16. The van der Waals surface area contributed by atoms with Crippen LogP contribution in [0.15, 0.2) is 344 Å². The zero-order chi connectivity index (χ0) is 60.6. The lowest BCUT2D eigenvalue weighted by molar-refractivity contribution is 1.29. The lowest BCUT2D eigenvalue weighted by Gasteiger charge is -2.26. The molecule has 2 aromatic heterocycles. The van der Waals surface area contributed by atoms with E-state index in [-0.39, 0.29) is 0 Å². The molecule has 0 amide bonds. The first-order valence-electron chi connectivity index (χ1n) is 30.8. The highest BCUT2D eigenvalue weighted by Gasteiger charge is 2.20. The van der Waals surface area contributed by atoms with Crippen LogP contribution in [0.3, 0.4) is 0 Å². The third-order valence-electron chi connectivity index (χ3n) is 17.5. The SMILES string of the molecule is Brc1cccc(-c2c3ccc4ccccc4c3nc3c2ccc2ccccc23)c1.c1ccc(N(c2cccc(-c3c4ccc5ccccc5c4nc4c3ccc3ccccc34)c2)c2ccc3ccccc3c2)cc1.c1ccc(Nc2ccc3ccccc3c2)cc1. The van der Waals surface area contributed by atoms with E-state index in [2.05, 4.69) is 348 Å². The van der Waals surface area contributed by atoms with Crippen LogP contribution in [-0.4, -0.2) is 9.97 Å². The third kappa shape index (κ3) is 10.6. The lowest BCUT2D eigenvalue weighted by atomic mass is 9.92. The van der Waals surface area contributed by atoms with E-state index < -0.39 is 0 Å². The molecule has 0 unspecified atom stereocenters. The van der Waals surface area contributed by atoms with E-state index in [1.165, 1.54) is 92.1 Å². The van der Waals surface area contributed by atoms with Crippen LogP contribution in [0.4, 0.5) is 28.4 Å². The Hall–Kier alpha value is -11.5. The number of aromatic nitrogens is 2. The molecule has 0 aliphatic heterocycles. The molecule has 428 valence electrons. The summed E-state index contributed by atoms with van der Waals surface area (Å²) in [5.74, 6) is 0. The van der Waals surface area contributed by atoms with E-state index in [0.717, 1.165) is 71.3 Å². The molecular formula is C86H57BrN4. The van der Waals surface area contributed by atoms with E-state index in [0.29, 0.717) is 0 Å². The molecule has 0 saturated heterocycles.